The van der Waals surface area contributed by atoms with E-state index in [4.69, 9.17) is 23.2 Å². The summed E-state index contributed by atoms with van der Waals surface area (Å²) in [5, 5.41) is 13.6. The molecule has 3 aromatic rings. The summed E-state index contributed by atoms with van der Waals surface area (Å²) in [4.78, 5) is 27.9. The standard InChI is InChI=1S/C26H19Cl2N3O2S/c27-19-8-6-17(7-9-19)14-23-25(33)31(21-12-10-20(28)11-13-21)26(34-23)22(15-29)24(32)30-16-18-4-2-1-3-5-18/h1-13,23H,14,16H2,(H,30,32). The fourth-order valence-electron chi connectivity index (χ4n) is 3.51. The van der Waals surface area contributed by atoms with Gasteiger partial charge in [0.2, 0.25) is 5.91 Å². The van der Waals surface area contributed by atoms with Crippen LogP contribution in [-0.4, -0.2) is 17.1 Å². The van der Waals surface area contributed by atoms with Crippen LogP contribution in [0.1, 0.15) is 11.1 Å². The number of benzene rings is 3. The topological polar surface area (TPSA) is 73.2 Å². The number of carbonyl (C=O) groups excluding carboxylic acids is 2. The minimum atomic E-state index is -0.534. The van der Waals surface area contributed by atoms with Crippen LogP contribution in [0.25, 0.3) is 0 Å². The Balaban J connectivity index is 1.66. The highest BCUT2D eigenvalue weighted by molar-refractivity contribution is 8.05. The molecule has 1 aliphatic rings. The smallest absolute Gasteiger partial charge is 0.264 e. The van der Waals surface area contributed by atoms with Gasteiger partial charge in [-0.05, 0) is 53.9 Å². The van der Waals surface area contributed by atoms with E-state index in [-0.39, 0.29) is 18.0 Å². The fourth-order valence-corrected chi connectivity index (χ4v) is 5.07. The molecule has 1 heterocycles. The third-order valence-corrected chi connectivity index (χ3v) is 6.99. The molecule has 34 heavy (non-hydrogen) atoms. The van der Waals surface area contributed by atoms with E-state index in [0.29, 0.717) is 27.2 Å². The maximum absolute atomic E-state index is 13.5. The lowest BCUT2D eigenvalue weighted by Crippen LogP contribution is -2.32. The molecule has 1 aliphatic heterocycles. The van der Waals surface area contributed by atoms with E-state index in [2.05, 4.69) is 5.32 Å². The molecule has 1 unspecified atom stereocenters. The Bertz CT molecular complexity index is 1270. The summed E-state index contributed by atoms with van der Waals surface area (Å²) >= 11 is 13.2. The number of thioether (sulfide) groups is 1. The lowest BCUT2D eigenvalue weighted by atomic mass is 10.1. The molecule has 1 saturated heterocycles. The zero-order valence-electron chi connectivity index (χ0n) is 17.9. The average molecular weight is 508 g/mol. The first-order chi connectivity index (χ1) is 16.5. The summed E-state index contributed by atoms with van der Waals surface area (Å²) in [7, 11) is 0. The van der Waals surface area contributed by atoms with Gasteiger partial charge in [-0.3, -0.25) is 14.5 Å². The minimum absolute atomic E-state index is 0.108. The Hall–Kier alpha value is -3.24. The zero-order valence-corrected chi connectivity index (χ0v) is 20.2. The van der Waals surface area contributed by atoms with Crippen LogP contribution in [0.4, 0.5) is 5.69 Å². The Morgan fingerprint density at radius 2 is 1.56 bits per heavy atom. The molecule has 0 saturated carbocycles. The van der Waals surface area contributed by atoms with Gasteiger partial charge in [-0.2, -0.15) is 5.26 Å². The number of carbonyl (C=O) groups is 2. The minimum Gasteiger partial charge on any atom is -0.347 e. The van der Waals surface area contributed by atoms with Crippen LogP contribution in [0.3, 0.4) is 0 Å². The van der Waals surface area contributed by atoms with Crippen molar-refractivity contribution in [1.29, 1.82) is 5.26 Å². The summed E-state index contributed by atoms with van der Waals surface area (Å²) in [6.07, 6.45) is 0.429. The van der Waals surface area contributed by atoms with Gasteiger partial charge in [0.1, 0.15) is 16.7 Å². The van der Waals surface area contributed by atoms with Gasteiger partial charge >= 0.3 is 0 Å². The van der Waals surface area contributed by atoms with Crippen LogP contribution in [-0.2, 0) is 22.6 Å². The number of hydrogen-bond donors (Lipinski definition) is 1. The molecule has 1 fully saturated rings. The molecule has 0 aliphatic carbocycles. The molecule has 8 heteroatoms. The van der Waals surface area contributed by atoms with E-state index >= 15 is 0 Å². The first kappa shape index (κ1) is 23.9. The summed E-state index contributed by atoms with van der Waals surface area (Å²) in [5.74, 6) is -0.742. The first-order valence-electron chi connectivity index (χ1n) is 10.4. The zero-order chi connectivity index (χ0) is 24.1. The van der Waals surface area contributed by atoms with Crippen molar-refractivity contribution in [3.05, 3.63) is 111 Å². The molecule has 0 radical (unpaired) electrons. The third-order valence-electron chi connectivity index (χ3n) is 5.22. The predicted molar refractivity (Wildman–Crippen MR) is 136 cm³/mol. The molecule has 0 aromatic heterocycles. The molecule has 1 N–H and O–H groups in total. The summed E-state index contributed by atoms with van der Waals surface area (Å²) in [6.45, 7) is 0.270. The van der Waals surface area contributed by atoms with Gasteiger partial charge in [-0.15, -0.1) is 0 Å². The molecular weight excluding hydrogens is 489 g/mol. The van der Waals surface area contributed by atoms with Crippen molar-refractivity contribution in [3.63, 3.8) is 0 Å². The maximum Gasteiger partial charge on any atom is 0.264 e. The maximum atomic E-state index is 13.5. The van der Waals surface area contributed by atoms with Crippen molar-refractivity contribution in [2.75, 3.05) is 4.90 Å². The second kappa shape index (κ2) is 10.8. The number of anilines is 1. The highest BCUT2D eigenvalue weighted by atomic mass is 35.5. The van der Waals surface area contributed by atoms with Crippen molar-refractivity contribution in [1.82, 2.24) is 5.32 Å². The Kier molecular flexibility index (Phi) is 7.59. The Morgan fingerprint density at radius 3 is 2.18 bits per heavy atom. The second-order valence-corrected chi connectivity index (χ2v) is 9.61. The molecule has 0 bridgehead atoms. The fraction of sp³-hybridized carbons (Fsp3) is 0.115. The molecule has 0 spiro atoms. The largest absolute Gasteiger partial charge is 0.347 e. The highest BCUT2D eigenvalue weighted by Crippen LogP contribution is 2.42. The van der Waals surface area contributed by atoms with Crippen molar-refractivity contribution < 1.29 is 9.59 Å². The van der Waals surface area contributed by atoms with E-state index in [0.717, 1.165) is 11.1 Å². The number of nitrogens with zero attached hydrogens (tertiary/aromatic N) is 2. The third kappa shape index (κ3) is 5.45. The van der Waals surface area contributed by atoms with Crippen LogP contribution >= 0.6 is 35.0 Å². The van der Waals surface area contributed by atoms with Crippen molar-refractivity contribution in [3.8, 4) is 6.07 Å². The summed E-state index contributed by atoms with van der Waals surface area (Å²) in [6, 6.07) is 25.4. The predicted octanol–water partition coefficient (Wildman–Crippen LogP) is 5.74. The van der Waals surface area contributed by atoms with Crippen molar-refractivity contribution >= 4 is 52.5 Å². The van der Waals surface area contributed by atoms with E-state index in [1.807, 2.05) is 48.5 Å². The number of halogens is 2. The van der Waals surface area contributed by atoms with Gasteiger partial charge in [0.25, 0.3) is 5.91 Å². The number of nitriles is 1. The monoisotopic (exact) mass is 507 g/mol. The number of amides is 2. The highest BCUT2D eigenvalue weighted by Gasteiger charge is 2.40. The van der Waals surface area contributed by atoms with Crippen LogP contribution in [0.5, 0.6) is 0 Å². The number of hydrogen-bond acceptors (Lipinski definition) is 4. The molecule has 4 rings (SSSR count). The van der Waals surface area contributed by atoms with Crippen LogP contribution in [0.15, 0.2) is 89.5 Å². The van der Waals surface area contributed by atoms with E-state index in [9.17, 15) is 14.9 Å². The molecular formula is C26H19Cl2N3O2S. The first-order valence-corrected chi connectivity index (χ1v) is 12.1. The van der Waals surface area contributed by atoms with Crippen LogP contribution < -0.4 is 10.2 Å². The quantitative estimate of drug-likeness (QED) is 0.341. The van der Waals surface area contributed by atoms with Gasteiger partial charge < -0.3 is 5.32 Å². The molecule has 1 atom stereocenters. The molecule has 2 amide bonds. The number of nitrogens with one attached hydrogen (secondary N) is 1. The molecule has 170 valence electrons. The van der Waals surface area contributed by atoms with Gasteiger partial charge in [0.15, 0.2) is 0 Å². The lowest BCUT2D eigenvalue weighted by molar-refractivity contribution is -0.117. The summed E-state index contributed by atoms with van der Waals surface area (Å²) < 4.78 is 0. The normalized spacial score (nSPS) is 16.8. The van der Waals surface area contributed by atoms with Crippen molar-refractivity contribution in [2.45, 2.75) is 18.2 Å². The van der Waals surface area contributed by atoms with E-state index in [1.54, 1.807) is 36.4 Å². The average Bonchev–Trinajstić information content (AvgIpc) is 3.16. The van der Waals surface area contributed by atoms with Crippen molar-refractivity contribution in [2.24, 2.45) is 0 Å². The van der Waals surface area contributed by atoms with Gasteiger partial charge in [0.05, 0.1) is 5.25 Å². The van der Waals surface area contributed by atoms with Gasteiger partial charge in [-0.25, -0.2) is 0 Å². The van der Waals surface area contributed by atoms with Crippen LogP contribution in [0.2, 0.25) is 10.0 Å². The summed E-state index contributed by atoms with van der Waals surface area (Å²) in [5.41, 5.74) is 2.27. The van der Waals surface area contributed by atoms with E-state index in [1.165, 1.54) is 16.7 Å². The number of rotatable bonds is 6. The Morgan fingerprint density at radius 1 is 0.941 bits per heavy atom. The van der Waals surface area contributed by atoms with Gasteiger partial charge in [-0.1, -0.05) is 77.4 Å². The van der Waals surface area contributed by atoms with E-state index < -0.39 is 11.2 Å². The second-order valence-electron chi connectivity index (χ2n) is 7.55. The molecule has 3 aromatic carbocycles. The Labute approximate surface area is 212 Å². The molecule has 5 nitrogen and oxygen atoms in total. The van der Waals surface area contributed by atoms with Gasteiger partial charge in [0, 0.05) is 22.3 Å². The van der Waals surface area contributed by atoms with Crippen LogP contribution in [0, 0.1) is 11.3 Å². The SMILES string of the molecule is N#CC(C(=O)NCc1ccccc1)=C1SC(Cc2ccc(Cl)cc2)C(=O)N1c1ccc(Cl)cc1. The lowest BCUT2D eigenvalue weighted by Gasteiger charge is -2.19.